The van der Waals surface area contributed by atoms with Gasteiger partial charge in [-0.1, -0.05) is 11.6 Å². The number of benzene rings is 1. The molecule has 0 aliphatic heterocycles. The van der Waals surface area contributed by atoms with Crippen LogP contribution in [0.4, 0.5) is 23.2 Å². The van der Waals surface area contributed by atoms with Crippen LogP contribution in [0.2, 0.25) is 5.02 Å². The predicted molar refractivity (Wildman–Crippen MR) is 99.6 cm³/mol. The second-order valence-electron chi connectivity index (χ2n) is 6.31. The number of rotatable bonds is 4. The van der Waals surface area contributed by atoms with Crippen molar-refractivity contribution in [2.45, 2.75) is 26.4 Å². The summed E-state index contributed by atoms with van der Waals surface area (Å²) in [5, 5.41) is 6.94. The summed E-state index contributed by atoms with van der Waals surface area (Å²) < 4.78 is 52.6. The van der Waals surface area contributed by atoms with Gasteiger partial charge in [-0.05, 0) is 44.2 Å². The zero-order valence-electron chi connectivity index (χ0n) is 15.3. The standard InChI is InChI=1S/C19H15ClF4N4O/c1-10-14(8-18(29)26-16-5-4-13(21)7-15(16)20)11(2)28(27-10)17-6-3-12(9-25-17)19(22,23)24/h3-7,9H,8H2,1-2H3,(H,26,29). The van der Waals surface area contributed by atoms with Crippen molar-refractivity contribution in [2.75, 3.05) is 5.32 Å². The van der Waals surface area contributed by atoms with Crippen molar-refractivity contribution in [1.82, 2.24) is 14.8 Å². The first kappa shape index (κ1) is 20.8. The molecular weight excluding hydrogens is 412 g/mol. The molecule has 1 aromatic carbocycles. The molecule has 0 unspecified atom stereocenters. The molecule has 0 radical (unpaired) electrons. The molecule has 0 saturated carbocycles. The maximum atomic E-state index is 13.1. The van der Waals surface area contributed by atoms with E-state index in [0.29, 0.717) is 17.0 Å². The molecule has 10 heteroatoms. The van der Waals surface area contributed by atoms with Gasteiger partial charge in [0.05, 0.1) is 28.4 Å². The first-order valence-corrected chi connectivity index (χ1v) is 8.77. The number of alkyl halides is 3. The molecule has 0 fully saturated rings. The summed E-state index contributed by atoms with van der Waals surface area (Å²) in [6.07, 6.45) is -3.80. The third kappa shape index (κ3) is 4.56. The number of carbonyl (C=O) groups is 1. The molecule has 0 aliphatic carbocycles. The molecule has 1 N–H and O–H groups in total. The van der Waals surface area contributed by atoms with E-state index in [9.17, 15) is 22.4 Å². The molecule has 0 aliphatic rings. The van der Waals surface area contributed by atoms with Gasteiger partial charge in [0, 0.05) is 17.5 Å². The number of hydrogen-bond donors (Lipinski definition) is 1. The first-order valence-electron chi connectivity index (χ1n) is 8.40. The second kappa shape index (κ2) is 7.82. The molecule has 2 heterocycles. The SMILES string of the molecule is Cc1nn(-c2ccc(C(F)(F)F)cn2)c(C)c1CC(=O)Nc1ccc(F)cc1Cl. The Balaban J connectivity index is 1.81. The van der Waals surface area contributed by atoms with E-state index < -0.39 is 23.5 Å². The first-order chi connectivity index (χ1) is 13.6. The maximum absolute atomic E-state index is 13.1. The highest BCUT2D eigenvalue weighted by Crippen LogP contribution is 2.29. The molecule has 0 bridgehead atoms. The normalized spacial score (nSPS) is 11.6. The molecule has 0 spiro atoms. The summed E-state index contributed by atoms with van der Waals surface area (Å²) in [5.41, 5.74) is 1.10. The van der Waals surface area contributed by atoms with Crippen LogP contribution in [-0.4, -0.2) is 20.7 Å². The van der Waals surface area contributed by atoms with Crippen LogP contribution in [0.1, 0.15) is 22.5 Å². The van der Waals surface area contributed by atoms with Crippen LogP contribution in [0.3, 0.4) is 0 Å². The Morgan fingerprint density at radius 1 is 1.21 bits per heavy atom. The second-order valence-corrected chi connectivity index (χ2v) is 6.72. The summed E-state index contributed by atoms with van der Waals surface area (Å²) >= 11 is 5.91. The van der Waals surface area contributed by atoms with Crippen LogP contribution in [0.15, 0.2) is 36.5 Å². The number of aryl methyl sites for hydroxylation is 1. The lowest BCUT2D eigenvalue weighted by Crippen LogP contribution is -2.15. The van der Waals surface area contributed by atoms with E-state index in [0.717, 1.165) is 18.3 Å². The van der Waals surface area contributed by atoms with Crippen molar-refractivity contribution in [3.63, 3.8) is 0 Å². The lowest BCUT2D eigenvalue weighted by molar-refractivity contribution is -0.137. The number of aromatic nitrogens is 3. The van der Waals surface area contributed by atoms with Crippen molar-refractivity contribution in [2.24, 2.45) is 0 Å². The molecule has 0 saturated heterocycles. The van der Waals surface area contributed by atoms with Gasteiger partial charge in [0.1, 0.15) is 5.82 Å². The average Bonchev–Trinajstić information content (AvgIpc) is 2.92. The highest BCUT2D eigenvalue weighted by atomic mass is 35.5. The number of hydrogen-bond acceptors (Lipinski definition) is 3. The minimum absolute atomic E-state index is 0.0496. The Morgan fingerprint density at radius 3 is 2.52 bits per heavy atom. The summed E-state index contributed by atoms with van der Waals surface area (Å²) in [6.45, 7) is 3.37. The van der Waals surface area contributed by atoms with Gasteiger partial charge >= 0.3 is 6.18 Å². The quantitative estimate of drug-likeness (QED) is 0.605. The van der Waals surface area contributed by atoms with Gasteiger partial charge in [0.25, 0.3) is 0 Å². The maximum Gasteiger partial charge on any atom is 0.417 e. The van der Waals surface area contributed by atoms with E-state index >= 15 is 0 Å². The van der Waals surface area contributed by atoms with Crippen LogP contribution in [0, 0.1) is 19.7 Å². The number of nitrogens with one attached hydrogen (secondary N) is 1. The van der Waals surface area contributed by atoms with Gasteiger partial charge in [0.15, 0.2) is 5.82 Å². The smallest absolute Gasteiger partial charge is 0.324 e. The van der Waals surface area contributed by atoms with E-state index in [4.69, 9.17) is 11.6 Å². The number of carbonyl (C=O) groups excluding carboxylic acids is 1. The molecule has 3 rings (SSSR count). The van der Waals surface area contributed by atoms with Crippen LogP contribution in [-0.2, 0) is 17.4 Å². The minimum atomic E-state index is -4.48. The van der Waals surface area contributed by atoms with E-state index in [1.54, 1.807) is 13.8 Å². The zero-order valence-corrected chi connectivity index (χ0v) is 16.1. The van der Waals surface area contributed by atoms with Gasteiger partial charge in [-0.2, -0.15) is 18.3 Å². The highest BCUT2D eigenvalue weighted by Gasteiger charge is 2.31. The molecule has 0 atom stereocenters. The van der Waals surface area contributed by atoms with Crippen LogP contribution < -0.4 is 5.32 Å². The van der Waals surface area contributed by atoms with E-state index in [1.165, 1.54) is 22.9 Å². The van der Waals surface area contributed by atoms with E-state index in [-0.39, 0.29) is 22.9 Å². The Labute approximate surface area is 168 Å². The monoisotopic (exact) mass is 426 g/mol. The fourth-order valence-corrected chi connectivity index (χ4v) is 2.99. The van der Waals surface area contributed by atoms with Crippen LogP contribution in [0.5, 0.6) is 0 Å². The van der Waals surface area contributed by atoms with E-state index in [1.807, 2.05) is 0 Å². The van der Waals surface area contributed by atoms with E-state index in [2.05, 4.69) is 15.4 Å². The van der Waals surface area contributed by atoms with Crippen molar-refractivity contribution in [3.05, 3.63) is 69.9 Å². The molecular formula is C19H15ClF4N4O. The molecule has 3 aromatic rings. The van der Waals surface area contributed by atoms with Crippen molar-refractivity contribution in [3.8, 4) is 5.82 Å². The van der Waals surface area contributed by atoms with Gasteiger partial charge in [-0.25, -0.2) is 14.1 Å². The zero-order chi connectivity index (χ0) is 21.3. The van der Waals surface area contributed by atoms with Crippen LogP contribution in [0.25, 0.3) is 5.82 Å². The molecule has 152 valence electrons. The third-order valence-electron chi connectivity index (χ3n) is 4.28. The summed E-state index contributed by atoms with van der Waals surface area (Å²) in [6, 6.07) is 5.74. The fourth-order valence-electron chi connectivity index (χ4n) is 2.78. The van der Waals surface area contributed by atoms with Gasteiger partial charge in [-0.3, -0.25) is 4.79 Å². The Bertz CT molecular complexity index is 1060. The minimum Gasteiger partial charge on any atom is -0.324 e. The van der Waals surface area contributed by atoms with Crippen molar-refractivity contribution in [1.29, 1.82) is 0 Å². The van der Waals surface area contributed by atoms with Crippen LogP contribution >= 0.6 is 11.6 Å². The molecule has 2 aromatic heterocycles. The number of pyridine rings is 1. The highest BCUT2D eigenvalue weighted by molar-refractivity contribution is 6.33. The fraction of sp³-hybridized carbons (Fsp3) is 0.211. The Hall–Kier alpha value is -2.94. The summed E-state index contributed by atoms with van der Waals surface area (Å²) in [7, 11) is 0. The van der Waals surface area contributed by atoms with Gasteiger partial charge in [0.2, 0.25) is 5.91 Å². The van der Waals surface area contributed by atoms with Gasteiger partial charge < -0.3 is 5.32 Å². The Kier molecular flexibility index (Phi) is 5.61. The lowest BCUT2D eigenvalue weighted by Gasteiger charge is -2.09. The summed E-state index contributed by atoms with van der Waals surface area (Å²) in [5.74, 6) is -0.721. The number of anilines is 1. The molecule has 29 heavy (non-hydrogen) atoms. The average molecular weight is 427 g/mol. The Morgan fingerprint density at radius 2 is 1.93 bits per heavy atom. The third-order valence-corrected chi connectivity index (χ3v) is 4.59. The topological polar surface area (TPSA) is 59.8 Å². The largest absolute Gasteiger partial charge is 0.417 e. The molecule has 1 amide bonds. The predicted octanol–water partition coefficient (Wildman–Crippen LogP) is 4.88. The lowest BCUT2D eigenvalue weighted by atomic mass is 10.1. The van der Waals surface area contributed by atoms with Gasteiger partial charge in [-0.15, -0.1) is 0 Å². The number of nitrogens with zero attached hydrogens (tertiary/aromatic N) is 3. The number of amides is 1. The molecule has 5 nitrogen and oxygen atoms in total. The summed E-state index contributed by atoms with van der Waals surface area (Å²) in [4.78, 5) is 16.2. The van der Waals surface area contributed by atoms with Crippen molar-refractivity contribution >= 4 is 23.2 Å². The number of halogens is 5. The van der Waals surface area contributed by atoms with Crippen molar-refractivity contribution < 1.29 is 22.4 Å².